The first-order valence-electron chi connectivity index (χ1n) is 5.32. The molecule has 0 spiro atoms. The molecule has 2 unspecified atom stereocenters. The van der Waals surface area contributed by atoms with Crippen molar-refractivity contribution < 1.29 is 13.9 Å². The minimum absolute atomic E-state index is 0.147. The third-order valence-electron chi connectivity index (χ3n) is 3.92. The van der Waals surface area contributed by atoms with Crippen molar-refractivity contribution in [3.8, 4) is 0 Å². The highest BCUT2D eigenvalue weighted by molar-refractivity contribution is 5.35. The molecular formula is C12H12F2O. The van der Waals surface area contributed by atoms with Gasteiger partial charge in [0.15, 0.2) is 11.6 Å². The predicted octanol–water partition coefficient (Wildman–Crippen LogP) is 2.58. The fourth-order valence-electron chi connectivity index (χ4n) is 3.13. The van der Waals surface area contributed by atoms with Crippen LogP contribution in [0, 0.1) is 23.5 Å². The van der Waals surface area contributed by atoms with Gasteiger partial charge in [0, 0.05) is 5.56 Å². The fraction of sp³-hybridized carbons (Fsp3) is 0.500. The summed E-state index contributed by atoms with van der Waals surface area (Å²) in [6, 6.07) is 4.04. The summed E-state index contributed by atoms with van der Waals surface area (Å²) in [5, 5.41) is 10.3. The highest BCUT2D eigenvalue weighted by atomic mass is 19.2. The van der Waals surface area contributed by atoms with E-state index < -0.39 is 17.2 Å². The average Bonchev–Trinajstić information content (AvgIpc) is 2.67. The second-order valence-electron chi connectivity index (χ2n) is 4.57. The van der Waals surface area contributed by atoms with E-state index in [0.29, 0.717) is 0 Å². The van der Waals surface area contributed by atoms with Crippen LogP contribution in [-0.2, 0) is 5.60 Å². The third kappa shape index (κ3) is 1.04. The maximum atomic E-state index is 13.5. The smallest absolute Gasteiger partial charge is 0.164 e. The van der Waals surface area contributed by atoms with Gasteiger partial charge in [-0.25, -0.2) is 8.78 Å². The van der Waals surface area contributed by atoms with Gasteiger partial charge in [-0.1, -0.05) is 18.6 Å². The Morgan fingerprint density at radius 2 is 1.87 bits per heavy atom. The molecule has 2 atom stereocenters. The average molecular weight is 210 g/mol. The molecule has 0 heterocycles. The zero-order valence-corrected chi connectivity index (χ0v) is 8.21. The Morgan fingerprint density at radius 3 is 2.53 bits per heavy atom. The van der Waals surface area contributed by atoms with Gasteiger partial charge in [0.1, 0.15) is 0 Å². The van der Waals surface area contributed by atoms with E-state index in [0.717, 1.165) is 25.3 Å². The summed E-state index contributed by atoms with van der Waals surface area (Å²) in [7, 11) is 0. The lowest BCUT2D eigenvalue weighted by Gasteiger charge is -2.15. The Morgan fingerprint density at radius 1 is 1.20 bits per heavy atom. The second-order valence-corrected chi connectivity index (χ2v) is 4.57. The third-order valence-corrected chi connectivity index (χ3v) is 3.92. The SMILES string of the molecule is OC1(c2cccc(F)c2F)C2CCCC21. The Kier molecular flexibility index (Phi) is 1.72. The Balaban J connectivity index is 2.04. The lowest BCUT2D eigenvalue weighted by Crippen LogP contribution is -2.15. The number of aliphatic hydroxyl groups is 1. The normalized spacial score (nSPS) is 37.8. The molecule has 0 amide bonds. The molecule has 1 N–H and O–H groups in total. The summed E-state index contributed by atoms with van der Waals surface area (Å²) in [4.78, 5) is 0. The lowest BCUT2D eigenvalue weighted by atomic mass is 9.98. The minimum atomic E-state index is -1.08. The molecule has 1 aromatic carbocycles. The lowest BCUT2D eigenvalue weighted by molar-refractivity contribution is 0.100. The summed E-state index contributed by atoms with van der Waals surface area (Å²) in [6.45, 7) is 0. The van der Waals surface area contributed by atoms with Gasteiger partial charge >= 0.3 is 0 Å². The molecule has 2 aliphatic rings. The molecule has 3 rings (SSSR count). The van der Waals surface area contributed by atoms with Gasteiger partial charge in [-0.15, -0.1) is 0 Å². The fourth-order valence-corrected chi connectivity index (χ4v) is 3.13. The highest BCUT2D eigenvalue weighted by Gasteiger charge is 2.67. The van der Waals surface area contributed by atoms with Crippen LogP contribution in [0.25, 0.3) is 0 Å². The van der Waals surface area contributed by atoms with Gasteiger partial charge in [0.05, 0.1) is 5.60 Å². The number of halogens is 2. The van der Waals surface area contributed by atoms with Gasteiger partial charge in [0.25, 0.3) is 0 Å². The van der Waals surface area contributed by atoms with Crippen molar-refractivity contribution in [3.05, 3.63) is 35.4 Å². The van der Waals surface area contributed by atoms with Crippen molar-refractivity contribution in [1.29, 1.82) is 0 Å². The summed E-state index contributed by atoms with van der Waals surface area (Å²) in [5.41, 5.74) is -0.929. The first-order chi connectivity index (χ1) is 7.15. The Labute approximate surface area is 86.7 Å². The second kappa shape index (κ2) is 2.79. The molecule has 1 nitrogen and oxygen atoms in total. The molecular weight excluding hydrogens is 198 g/mol. The van der Waals surface area contributed by atoms with Crippen molar-refractivity contribution in [2.24, 2.45) is 11.8 Å². The molecule has 15 heavy (non-hydrogen) atoms. The van der Waals surface area contributed by atoms with Crippen LogP contribution in [0.3, 0.4) is 0 Å². The van der Waals surface area contributed by atoms with Crippen LogP contribution in [0.1, 0.15) is 24.8 Å². The monoisotopic (exact) mass is 210 g/mol. The number of hydrogen-bond acceptors (Lipinski definition) is 1. The zero-order chi connectivity index (χ0) is 10.6. The molecule has 2 aliphatic carbocycles. The van der Waals surface area contributed by atoms with Crippen LogP contribution in [0.5, 0.6) is 0 Å². The quantitative estimate of drug-likeness (QED) is 0.755. The number of fused-ring (bicyclic) bond motifs is 1. The van der Waals surface area contributed by atoms with Gasteiger partial charge in [-0.05, 0) is 30.7 Å². The minimum Gasteiger partial charge on any atom is -0.384 e. The van der Waals surface area contributed by atoms with E-state index in [-0.39, 0.29) is 17.4 Å². The van der Waals surface area contributed by atoms with Crippen LogP contribution in [0.15, 0.2) is 18.2 Å². The summed E-state index contributed by atoms with van der Waals surface area (Å²) >= 11 is 0. The maximum absolute atomic E-state index is 13.5. The van der Waals surface area contributed by atoms with E-state index in [4.69, 9.17) is 0 Å². The molecule has 0 aliphatic heterocycles. The molecule has 1 aromatic rings. The topological polar surface area (TPSA) is 20.2 Å². The first-order valence-corrected chi connectivity index (χ1v) is 5.32. The van der Waals surface area contributed by atoms with E-state index in [2.05, 4.69) is 0 Å². The van der Waals surface area contributed by atoms with Gasteiger partial charge in [0.2, 0.25) is 0 Å². The van der Waals surface area contributed by atoms with Crippen LogP contribution >= 0.6 is 0 Å². The van der Waals surface area contributed by atoms with E-state index >= 15 is 0 Å². The zero-order valence-electron chi connectivity index (χ0n) is 8.21. The number of hydrogen-bond donors (Lipinski definition) is 1. The molecule has 0 bridgehead atoms. The molecule has 0 radical (unpaired) electrons. The predicted molar refractivity (Wildman–Crippen MR) is 51.1 cm³/mol. The maximum Gasteiger partial charge on any atom is 0.164 e. The van der Waals surface area contributed by atoms with E-state index in [1.165, 1.54) is 12.1 Å². The summed E-state index contributed by atoms with van der Waals surface area (Å²) in [5.74, 6) is -1.46. The van der Waals surface area contributed by atoms with Crippen LogP contribution < -0.4 is 0 Å². The van der Waals surface area contributed by atoms with Crippen molar-refractivity contribution in [1.82, 2.24) is 0 Å². The Bertz CT molecular complexity index is 406. The van der Waals surface area contributed by atoms with Crippen LogP contribution in [-0.4, -0.2) is 5.11 Å². The largest absolute Gasteiger partial charge is 0.384 e. The molecule has 2 saturated carbocycles. The molecule has 2 fully saturated rings. The molecule has 0 saturated heterocycles. The van der Waals surface area contributed by atoms with E-state index in [1.54, 1.807) is 0 Å². The van der Waals surface area contributed by atoms with Crippen LogP contribution in [0.2, 0.25) is 0 Å². The Hall–Kier alpha value is -0.960. The van der Waals surface area contributed by atoms with Crippen molar-refractivity contribution in [2.75, 3.05) is 0 Å². The molecule has 0 aromatic heterocycles. The summed E-state index contributed by atoms with van der Waals surface area (Å²) in [6.07, 6.45) is 2.95. The highest BCUT2D eigenvalue weighted by Crippen LogP contribution is 2.66. The van der Waals surface area contributed by atoms with Gasteiger partial charge in [-0.3, -0.25) is 0 Å². The summed E-state index contributed by atoms with van der Waals surface area (Å²) < 4.78 is 26.5. The van der Waals surface area contributed by atoms with Crippen molar-refractivity contribution >= 4 is 0 Å². The van der Waals surface area contributed by atoms with Gasteiger partial charge < -0.3 is 5.11 Å². The molecule has 3 heteroatoms. The van der Waals surface area contributed by atoms with E-state index in [9.17, 15) is 13.9 Å². The van der Waals surface area contributed by atoms with Crippen molar-refractivity contribution in [2.45, 2.75) is 24.9 Å². The number of benzene rings is 1. The van der Waals surface area contributed by atoms with Gasteiger partial charge in [-0.2, -0.15) is 0 Å². The first kappa shape index (κ1) is 9.28. The standard InChI is InChI=1S/C12H12F2O/c13-10-6-2-5-9(11(10)14)12(15)7-3-1-4-8(7)12/h2,5-8,15H,1,3-4H2. The van der Waals surface area contributed by atoms with E-state index in [1.807, 2.05) is 0 Å². The van der Waals surface area contributed by atoms with Crippen LogP contribution in [0.4, 0.5) is 8.78 Å². The van der Waals surface area contributed by atoms with Crippen molar-refractivity contribution in [3.63, 3.8) is 0 Å². The molecule has 80 valence electrons. The number of rotatable bonds is 1.